The molecule has 1 atom stereocenters. The van der Waals surface area contributed by atoms with E-state index in [1.54, 1.807) is 27.4 Å². The van der Waals surface area contributed by atoms with Gasteiger partial charge in [0.05, 0.1) is 4.90 Å². The first-order valence-corrected chi connectivity index (χ1v) is 9.98. The lowest BCUT2D eigenvalue weighted by Crippen LogP contribution is -2.40. The molecule has 1 saturated heterocycles. The van der Waals surface area contributed by atoms with Gasteiger partial charge in [-0.1, -0.05) is 0 Å². The smallest absolute Gasteiger partial charge is 0.243 e. The fourth-order valence-electron chi connectivity index (χ4n) is 3.73. The third-order valence-electron chi connectivity index (χ3n) is 5.02. The summed E-state index contributed by atoms with van der Waals surface area (Å²) < 4.78 is 27.5. The highest BCUT2D eigenvalue weighted by Crippen LogP contribution is 2.32. The number of hydrogen-bond acceptors (Lipinski definition) is 4. The fourth-order valence-corrected chi connectivity index (χ4v) is 5.34. The van der Waals surface area contributed by atoms with Gasteiger partial charge in [0.1, 0.15) is 0 Å². The van der Waals surface area contributed by atoms with Gasteiger partial charge in [-0.2, -0.15) is 4.31 Å². The molecule has 1 fully saturated rings. The van der Waals surface area contributed by atoms with Gasteiger partial charge in [0, 0.05) is 32.2 Å². The zero-order valence-corrected chi connectivity index (χ0v) is 16.1. The molecule has 2 heterocycles. The Bertz CT molecular complexity index is 737. The van der Waals surface area contributed by atoms with E-state index in [4.69, 9.17) is 5.73 Å². The van der Waals surface area contributed by atoms with Crippen molar-refractivity contribution in [3.05, 3.63) is 23.8 Å². The molecule has 25 heavy (non-hydrogen) atoms. The Morgan fingerprint density at radius 1 is 1.32 bits per heavy atom. The maximum Gasteiger partial charge on any atom is 0.243 e. The molecule has 2 aliphatic heterocycles. The van der Waals surface area contributed by atoms with Crippen LogP contribution in [0.5, 0.6) is 0 Å². The Kier molecular flexibility index (Phi) is 6.48. The highest BCUT2D eigenvalue weighted by atomic mass is 35.5. The third-order valence-corrected chi connectivity index (χ3v) is 6.88. The van der Waals surface area contributed by atoms with Crippen LogP contribution in [0.1, 0.15) is 31.7 Å². The van der Waals surface area contributed by atoms with Crippen LogP contribution in [-0.4, -0.2) is 44.8 Å². The predicted octanol–water partition coefficient (Wildman–Crippen LogP) is 1.77. The maximum atomic E-state index is 13.0. The van der Waals surface area contributed by atoms with Crippen LogP contribution in [0.2, 0.25) is 0 Å². The van der Waals surface area contributed by atoms with Gasteiger partial charge in [-0.15, -0.1) is 12.4 Å². The van der Waals surface area contributed by atoms with Crippen molar-refractivity contribution in [2.24, 2.45) is 11.7 Å². The lowest BCUT2D eigenvalue weighted by atomic mass is 9.96. The molecule has 0 radical (unpaired) electrons. The number of halogens is 1. The molecule has 1 aromatic carbocycles. The SMILES string of the molecule is CC(=O)N1CCc2cc(S(=O)(=O)N3CCCC(CCN)C3)ccc21.Cl. The van der Waals surface area contributed by atoms with Crippen LogP contribution >= 0.6 is 12.4 Å². The molecule has 1 unspecified atom stereocenters. The number of anilines is 1. The van der Waals surface area contributed by atoms with Gasteiger partial charge in [-0.05, 0) is 61.9 Å². The van der Waals surface area contributed by atoms with Gasteiger partial charge in [0.15, 0.2) is 0 Å². The number of piperidine rings is 1. The lowest BCUT2D eigenvalue weighted by molar-refractivity contribution is -0.116. The van der Waals surface area contributed by atoms with E-state index < -0.39 is 10.0 Å². The Hall–Kier alpha value is -1.15. The third kappa shape index (κ3) is 4.00. The molecule has 2 N–H and O–H groups in total. The largest absolute Gasteiger partial charge is 0.330 e. The Balaban J connectivity index is 0.00000225. The predicted molar refractivity (Wildman–Crippen MR) is 101 cm³/mol. The summed E-state index contributed by atoms with van der Waals surface area (Å²) in [5.41, 5.74) is 7.39. The second kappa shape index (κ2) is 8.03. The van der Waals surface area contributed by atoms with Crippen LogP contribution < -0.4 is 10.6 Å². The highest BCUT2D eigenvalue weighted by Gasteiger charge is 2.31. The number of hydrogen-bond donors (Lipinski definition) is 1. The first-order chi connectivity index (χ1) is 11.4. The second-order valence-corrected chi connectivity index (χ2v) is 8.60. The van der Waals surface area contributed by atoms with Gasteiger partial charge < -0.3 is 10.6 Å². The molecular formula is C17H26ClN3O3S. The quantitative estimate of drug-likeness (QED) is 0.853. The van der Waals surface area contributed by atoms with E-state index in [2.05, 4.69) is 0 Å². The van der Waals surface area contributed by atoms with Crippen molar-refractivity contribution in [2.75, 3.05) is 31.1 Å². The first kappa shape index (κ1) is 20.2. The van der Waals surface area contributed by atoms with Crippen LogP contribution in [-0.2, 0) is 21.2 Å². The molecule has 1 aromatic rings. The van der Waals surface area contributed by atoms with Crippen LogP contribution in [0.4, 0.5) is 5.69 Å². The molecular weight excluding hydrogens is 362 g/mol. The molecule has 140 valence electrons. The summed E-state index contributed by atoms with van der Waals surface area (Å²) in [5, 5.41) is 0. The maximum absolute atomic E-state index is 13.0. The Labute approximate surface area is 155 Å². The van der Waals surface area contributed by atoms with Crippen LogP contribution in [0.25, 0.3) is 0 Å². The van der Waals surface area contributed by atoms with Crippen molar-refractivity contribution >= 4 is 34.0 Å². The van der Waals surface area contributed by atoms with Gasteiger partial charge in [-0.3, -0.25) is 4.79 Å². The number of nitrogens with two attached hydrogens (primary N) is 1. The molecule has 0 aliphatic carbocycles. The summed E-state index contributed by atoms with van der Waals surface area (Å²) in [6.07, 6.45) is 3.49. The van der Waals surface area contributed by atoms with Gasteiger partial charge in [-0.25, -0.2) is 8.42 Å². The molecule has 3 rings (SSSR count). The molecule has 0 saturated carbocycles. The molecule has 1 amide bonds. The lowest BCUT2D eigenvalue weighted by Gasteiger charge is -2.32. The fraction of sp³-hybridized carbons (Fsp3) is 0.588. The number of nitrogens with zero attached hydrogens (tertiary/aromatic N) is 2. The second-order valence-electron chi connectivity index (χ2n) is 6.66. The summed E-state index contributed by atoms with van der Waals surface area (Å²) in [6, 6.07) is 5.13. The van der Waals surface area contributed by atoms with E-state index in [1.165, 1.54) is 6.92 Å². The van der Waals surface area contributed by atoms with Crippen molar-refractivity contribution < 1.29 is 13.2 Å². The Morgan fingerprint density at radius 2 is 2.08 bits per heavy atom. The normalized spacial score (nSPS) is 20.9. The summed E-state index contributed by atoms with van der Waals surface area (Å²) >= 11 is 0. The monoisotopic (exact) mass is 387 g/mol. The minimum atomic E-state index is -3.48. The first-order valence-electron chi connectivity index (χ1n) is 8.54. The van der Waals surface area contributed by atoms with E-state index >= 15 is 0 Å². The van der Waals surface area contributed by atoms with E-state index in [0.29, 0.717) is 43.4 Å². The molecule has 8 heteroatoms. The van der Waals surface area contributed by atoms with Crippen molar-refractivity contribution in [3.8, 4) is 0 Å². The standard InChI is InChI=1S/C17H25N3O3S.ClH/c1-13(21)20-10-7-15-11-16(4-5-17(15)20)24(22,23)19-9-2-3-14(12-19)6-8-18;/h4-5,11,14H,2-3,6-10,12,18H2,1H3;1H. The topological polar surface area (TPSA) is 83.7 Å². The minimum absolute atomic E-state index is 0. The van der Waals surface area contributed by atoms with Gasteiger partial charge in [0.25, 0.3) is 0 Å². The molecule has 6 nitrogen and oxygen atoms in total. The zero-order chi connectivity index (χ0) is 17.3. The summed E-state index contributed by atoms with van der Waals surface area (Å²) in [7, 11) is -3.48. The molecule has 2 aliphatic rings. The number of carbonyl (C=O) groups excluding carboxylic acids is 1. The van der Waals surface area contributed by atoms with Crippen LogP contribution in [0.3, 0.4) is 0 Å². The molecule has 0 bridgehead atoms. The minimum Gasteiger partial charge on any atom is -0.330 e. The van der Waals surface area contributed by atoms with Crippen molar-refractivity contribution in [1.29, 1.82) is 0 Å². The van der Waals surface area contributed by atoms with E-state index in [9.17, 15) is 13.2 Å². The van der Waals surface area contributed by atoms with Crippen LogP contribution in [0.15, 0.2) is 23.1 Å². The number of benzene rings is 1. The number of sulfonamides is 1. The molecule has 0 aromatic heterocycles. The summed E-state index contributed by atoms with van der Waals surface area (Å²) in [6.45, 7) is 3.87. The van der Waals surface area contributed by atoms with Crippen molar-refractivity contribution in [1.82, 2.24) is 4.31 Å². The highest BCUT2D eigenvalue weighted by molar-refractivity contribution is 7.89. The summed E-state index contributed by atoms with van der Waals surface area (Å²) in [5.74, 6) is 0.339. The van der Waals surface area contributed by atoms with Crippen LogP contribution in [0, 0.1) is 5.92 Å². The number of carbonyl (C=O) groups is 1. The molecule has 0 spiro atoms. The number of rotatable bonds is 4. The number of amides is 1. The van der Waals surface area contributed by atoms with Crippen molar-refractivity contribution in [3.63, 3.8) is 0 Å². The van der Waals surface area contributed by atoms with Crippen molar-refractivity contribution in [2.45, 2.75) is 37.5 Å². The van der Waals surface area contributed by atoms with Gasteiger partial charge >= 0.3 is 0 Å². The average molecular weight is 388 g/mol. The zero-order valence-electron chi connectivity index (χ0n) is 14.5. The Morgan fingerprint density at radius 3 is 2.76 bits per heavy atom. The number of fused-ring (bicyclic) bond motifs is 1. The van der Waals surface area contributed by atoms with Gasteiger partial charge in [0.2, 0.25) is 15.9 Å². The summed E-state index contributed by atoms with van der Waals surface area (Å²) in [4.78, 5) is 13.7. The van der Waals surface area contributed by atoms with E-state index in [-0.39, 0.29) is 18.3 Å². The van der Waals surface area contributed by atoms with E-state index in [1.807, 2.05) is 0 Å². The average Bonchev–Trinajstić information content (AvgIpc) is 2.98. The van der Waals surface area contributed by atoms with E-state index in [0.717, 1.165) is 30.5 Å².